The quantitative estimate of drug-likeness (QED) is 0.103. The Morgan fingerprint density at radius 2 is 0.889 bits per heavy atom. The zero-order valence-corrected chi connectivity index (χ0v) is 19.6. The van der Waals surface area contributed by atoms with E-state index in [9.17, 15) is 4.57 Å². The summed E-state index contributed by atoms with van der Waals surface area (Å²) in [6.07, 6.45) is 22.5. The first-order valence-electron chi connectivity index (χ1n) is 11.9. The lowest BCUT2D eigenvalue weighted by Crippen LogP contribution is -2.13. The molecule has 0 saturated carbocycles. The van der Waals surface area contributed by atoms with Crippen LogP contribution in [0, 0.1) is 0 Å². The molecule has 0 rings (SSSR count). The van der Waals surface area contributed by atoms with E-state index in [-0.39, 0.29) is 0 Å². The van der Waals surface area contributed by atoms with Crippen LogP contribution < -0.4 is 0 Å². The summed E-state index contributed by atoms with van der Waals surface area (Å²) >= 11 is 0. The van der Waals surface area contributed by atoms with Crippen LogP contribution in [0.15, 0.2) is 0 Å². The highest BCUT2D eigenvalue weighted by molar-refractivity contribution is 7.45. The average Bonchev–Trinajstić information content (AvgIpc) is 2.67. The van der Waals surface area contributed by atoms with Crippen LogP contribution in [0.4, 0.5) is 0 Å². The van der Waals surface area contributed by atoms with Gasteiger partial charge in [0.25, 0.3) is 0 Å². The highest BCUT2D eigenvalue weighted by atomic mass is 31.1. The van der Waals surface area contributed by atoms with E-state index in [0.29, 0.717) is 13.2 Å². The van der Waals surface area contributed by atoms with Gasteiger partial charge in [0, 0.05) is 0 Å². The lowest BCUT2D eigenvalue weighted by atomic mass is 10.0. The van der Waals surface area contributed by atoms with E-state index in [1.807, 2.05) is 13.8 Å². The van der Waals surface area contributed by atoms with Crippen molar-refractivity contribution in [2.75, 3.05) is 19.4 Å². The molecule has 0 aliphatic heterocycles. The first kappa shape index (κ1) is 27.0. The summed E-state index contributed by atoms with van der Waals surface area (Å²) in [5, 5.41) is 0. The summed E-state index contributed by atoms with van der Waals surface area (Å²) in [6, 6.07) is -0.494. The van der Waals surface area contributed by atoms with Crippen LogP contribution in [0.1, 0.15) is 124 Å². The van der Waals surface area contributed by atoms with Crippen LogP contribution in [0.2, 0.25) is 0 Å². The number of unbranched alkanes of at least 4 members (excludes halogenated alkanes) is 15. The molecule has 0 radical (unpaired) electrons. The lowest BCUT2D eigenvalue weighted by Gasteiger charge is -2.07. The highest BCUT2D eigenvalue weighted by Crippen LogP contribution is 2.31. The van der Waals surface area contributed by atoms with Gasteiger partial charge in [-0.15, -0.1) is 0 Å². The zero-order valence-electron chi connectivity index (χ0n) is 18.7. The van der Waals surface area contributed by atoms with Crippen LogP contribution in [0.25, 0.3) is 0 Å². The van der Waals surface area contributed by atoms with Crippen molar-refractivity contribution in [1.29, 1.82) is 0 Å². The van der Waals surface area contributed by atoms with Gasteiger partial charge in [-0.2, -0.15) is 0 Å². The normalized spacial score (nSPS) is 12.1. The average molecular weight is 404 g/mol. The summed E-state index contributed by atoms with van der Waals surface area (Å²) in [6.45, 7) is 7.24. The van der Waals surface area contributed by atoms with Gasteiger partial charge in [-0.25, -0.2) is 0 Å². The molecule has 0 fully saturated rings. The molecule has 3 nitrogen and oxygen atoms in total. The standard InChI is InChI=1S/C23H48O3P/c1-4-7-8-9-10-11-12-13-14-15-16-17-18-19-20-21-22-27(24)23(25-5-2)26-6-3/h23H,4-22H2,1-3H3/q+1. The molecular formula is C23H48O3P+. The maximum Gasteiger partial charge on any atom is 0.401 e. The molecule has 0 aliphatic rings. The van der Waals surface area contributed by atoms with Crippen LogP contribution in [0.5, 0.6) is 0 Å². The van der Waals surface area contributed by atoms with E-state index < -0.39 is 13.8 Å². The lowest BCUT2D eigenvalue weighted by molar-refractivity contribution is -0.0796. The molecule has 0 aromatic carbocycles. The Kier molecular flexibility index (Phi) is 22.3. The molecule has 0 N–H and O–H groups in total. The SMILES string of the molecule is CCCCCCCCCCCCCCCCCC[P+](=O)C(OCC)OCC. The largest absolute Gasteiger partial charge is 0.401 e. The van der Waals surface area contributed by atoms with E-state index in [2.05, 4.69) is 6.92 Å². The molecule has 162 valence electrons. The number of rotatable bonds is 22. The second-order valence-electron chi connectivity index (χ2n) is 7.66. The van der Waals surface area contributed by atoms with Crippen LogP contribution >= 0.6 is 7.80 Å². The molecule has 0 aromatic heterocycles. The summed E-state index contributed by atoms with van der Waals surface area (Å²) in [5.74, 6) is 0. The van der Waals surface area contributed by atoms with E-state index in [1.54, 1.807) is 0 Å². The molecule has 0 aromatic rings. The van der Waals surface area contributed by atoms with Crippen LogP contribution in [0.3, 0.4) is 0 Å². The van der Waals surface area contributed by atoms with Crippen molar-refractivity contribution < 1.29 is 14.0 Å². The maximum absolute atomic E-state index is 12.2. The van der Waals surface area contributed by atoms with Crippen molar-refractivity contribution >= 4 is 7.80 Å². The summed E-state index contributed by atoms with van der Waals surface area (Å²) in [4.78, 5) is 0. The van der Waals surface area contributed by atoms with Crippen LogP contribution in [-0.2, 0) is 14.0 Å². The molecule has 0 aliphatic carbocycles. The Bertz CT molecular complexity index is 304. The van der Waals surface area contributed by atoms with E-state index >= 15 is 0 Å². The molecular weight excluding hydrogens is 355 g/mol. The van der Waals surface area contributed by atoms with Gasteiger partial charge in [-0.05, 0) is 26.7 Å². The van der Waals surface area contributed by atoms with Gasteiger partial charge < -0.3 is 9.47 Å². The molecule has 0 saturated heterocycles. The third kappa shape index (κ3) is 19.1. The van der Waals surface area contributed by atoms with Crippen molar-refractivity contribution in [3.8, 4) is 0 Å². The zero-order chi connectivity index (χ0) is 20.0. The van der Waals surface area contributed by atoms with E-state index in [4.69, 9.17) is 9.47 Å². The van der Waals surface area contributed by atoms with Crippen molar-refractivity contribution in [2.45, 2.75) is 130 Å². The predicted octanol–water partition coefficient (Wildman–Crippen LogP) is 8.43. The first-order chi connectivity index (χ1) is 13.3. The predicted molar refractivity (Wildman–Crippen MR) is 119 cm³/mol. The van der Waals surface area contributed by atoms with Gasteiger partial charge in [0.1, 0.15) is 0 Å². The van der Waals surface area contributed by atoms with Gasteiger partial charge in [-0.1, -0.05) is 101 Å². The maximum atomic E-state index is 12.2. The fourth-order valence-electron chi connectivity index (χ4n) is 3.42. The minimum absolute atomic E-state index is 0.494. The fourth-order valence-corrected chi connectivity index (χ4v) is 4.80. The first-order valence-corrected chi connectivity index (χ1v) is 13.4. The monoisotopic (exact) mass is 403 g/mol. The van der Waals surface area contributed by atoms with Crippen molar-refractivity contribution in [3.05, 3.63) is 0 Å². The van der Waals surface area contributed by atoms with Crippen molar-refractivity contribution in [1.82, 2.24) is 0 Å². The van der Waals surface area contributed by atoms with Gasteiger partial charge in [-0.3, -0.25) is 0 Å². The summed E-state index contributed by atoms with van der Waals surface area (Å²) in [7, 11) is -1.39. The second-order valence-corrected chi connectivity index (χ2v) is 9.36. The van der Waals surface area contributed by atoms with Crippen molar-refractivity contribution in [2.24, 2.45) is 0 Å². The molecule has 0 spiro atoms. The minimum atomic E-state index is -1.39. The Morgan fingerprint density at radius 1 is 0.556 bits per heavy atom. The third-order valence-electron chi connectivity index (χ3n) is 5.09. The Morgan fingerprint density at radius 3 is 1.22 bits per heavy atom. The fraction of sp³-hybridized carbons (Fsp3) is 1.00. The number of hydrogen-bond donors (Lipinski definition) is 0. The summed E-state index contributed by atoms with van der Waals surface area (Å²) < 4.78 is 23.0. The molecule has 1 unspecified atom stereocenters. The van der Waals surface area contributed by atoms with Crippen LogP contribution in [-0.4, -0.2) is 25.4 Å². The molecule has 0 bridgehead atoms. The van der Waals surface area contributed by atoms with Gasteiger partial charge >= 0.3 is 13.8 Å². The minimum Gasteiger partial charge on any atom is -0.313 e. The molecule has 1 atom stereocenters. The Balaban J connectivity index is 3.27. The number of ether oxygens (including phenoxy) is 2. The highest BCUT2D eigenvalue weighted by Gasteiger charge is 2.30. The molecule has 0 heterocycles. The molecule has 0 amide bonds. The van der Waals surface area contributed by atoms with E-state index in [0.717, 1.165) is 12.6 Å². The second kappa shape index (κ2) is 22.3. The Hall–Kier alpha value is 0.0200. The van der Waals surface area contributed by atoms with Gasteiger partial charge in [0.05, 0.1) is 13.2 Å². The van der Waals surface area contributed by atoms with E-state index in [1.165, 1.54) is 96.3 Å². The Labute approximate surface area is 171 Å². The number of hydrogen-bond acceptors (Lipinski definition) is 3. The summed E-state index contributed by atoms with van der Waals surface area (Å²) in [5.41, 5.74) is 0. The third-order valence-corrected chi connectivity index (χ3v) is 6.61. The topological polar surface area (TPSA) is 35.5 Å². The van der Waals surface area contributed by atoms with Gasteiger partial charge in [0.15, 0.2) is 6.16 Å². The van der Waals surface area contributed by atoms with Crippen molar-refractivity contribution in [3.63, 3.8) is 0 Å². The van der Waals surface area contributed by atoms with Gasteiger partial charge in [0.2, 0.25) is 0 Å². The molecule has 4 heteroatoms. The smallest absolute Gasteiger partial charge is 0.313 e. The molecule has 27 heavy (non-hydrogen) atoms.